The van der Waals surface area contributed by atoms with Gasteiger partial charge >= 0.3 is 5.97 Å². The molecule has 4 heterocycles. The van der Waals surface area contributed by atoms with E-state index < -0.39 is 12.0 Å². The van der Waals surface area contributed by atoms with E-state index in [-0.39, 0.29) is 8.76 Å². The normalized spacial score (nSPS) is 22.6. The Labute approximate surface area is 267 Å². The van der Waals surface area contributed by atoms with Crippen LogP contribution >= 0.6 is 54.4 Å². The molecule has 3 aliphatic heterocycles. The monoisotopic (exact) mass is 791 g/mol. The maximum absolute atomic E-state index is 12.7. The molecule has 10 heteroatoms. The van der Waals surface area contributed by atoms with E-state index in [2.05, 4.69) is 76.8 Å². The molecule has 3 aliphatic rings. The van der Waals surface area contributed by atoms with Gasteiger partial charge in [-0.3, -0.25) is 9.69 Å². The fourth-order valence-electron chi connectivity index (χ4n) is 6.02. The smallest absolute Gasteiger partial charge is 0.325 e. The number of nitrogens with one attached hydrogen (secondary N) is 1. The number of halogens is 2. The molecule has 0 spiro atoms. The Morgan fingerprint density at radius 1 is 1.35 bits per heavy atom. The fourth-order valence-corrected chi connectivity index (χ4v) is 8.06. The Morgan fingerprint density at radius 3 is 2.92 bits per heavy atom. The van der Waals surface area contributed by atoms with E-state index in [4.69, 9.17) is 14.5 Å². The van der Waals surface area contributed by atoms with E-state index in [0.717, 1.165) is 78.7 Å². The number of carbonyl (C=O) groups is 1. The van der Waals surface area contributed by atoms with Crippen LogP contribution in [0.15, 0.2) is 30.3 Å². The molecule has 1 aromatic carbocycles. The predicted octanol–water partition coefficient (Wildman–Crippen LogP) is 6.22. The van der Waals surface area contributed by atoms with Gasteiger partial charge in [-0.1, -0.05) is 47.2 Å². The summed E-state index contributed by atoms with van der Waals surface area (Å²) in [6.45, 7) is 6.17. The van der Waals surface area contributed by atoms with Crippen molar-refractivity contribution in [2.45, 2.75) is 73.3 Å². The molecule has 0 bridgehead atoms. The van der Waals surface area contributed by atoms with Crippen LogP contribution in [0.4, 0.5) is 5.82 Å². The molecule has 0 aliphatic carbocycles. The van der Waals surface area contributed by atoms with Gasteiger partial charge in [0.2, 0.25) is 0 Å². The van der Waals surface area contributed by atoms with Crippen molar-refractivity contribution in [2.24, 2.45) is 5.92 Å². The van der Waals surface area contributed by atoms with E-state index in [0.29, 0.717) is 25.7 Å². The number of hydrogen-bond donors (Lipinski definition) is 2. The van der Waals surface area contributed by atoms with Gasteiger partial charge in [0.05, 0.1) is 19.8 Å². The van der Waals surface area contributed by atoms with Crippen molar-refractivity contribution in [1.29, 1.82) is 0 Å². The number of ether oxygens (including phenoxy) is 2. The number of nitrogens with zero attached hydrogens (tertiary/aromatic N) is 2. The van der Waals surface area contributed by atoms with Crippen LogP contribution in [0, 0.1) is 9.49 Å². The van der Waals surface area contributed by atoms with Crippen LogP contribution in [0.3, 0.4) is 0 Å². The highest BCUT2D eigenvalue weighted by Crippen LogP contribution is 2.46. The van der Waals surface area contributed by atoms with Gasteiger partial charge in [-0.15, -0.1) is 9.24 Å². The Hall–Kier alpha value is -0.590. The number of likely N-dealkylation sites (tertiary alicyclic amines) is 1. The zero-order valence-electron chi connectivity index (χ0n) is 23.1. The molecule has 2 aromatic rings. The first kappa shape index (κ1) is 30.9. The molecular weight excluding hydrogens is 751 g/mol. The second-order valence-electron chi connectivity index (χ2n) is 11.7. The molecule has 0 amide bonds. The molecule has 5 rings (SSSR count). The summed E-state index contributed by atoms with van der Waals surface area (Å²) in [5.41, 5.74) is 4.04. The van der Waals surface area contributed by atoms with Gasteiger partial charge in [0.15, 0.2) is 0 Å². The highest BCUT2D eigenvalue weighted by atomic mass is 127. The molecule has 4 atom stereocenters. The number of rotatable bonds is 12. The van der Waals surface area contributed by atoms with Crippen molar-refractivity contribution in [3.8, 4) is 0 Å². The molecule has 218 valence electrons. The molecule has 2 N–H and O–H groups in total. The van der Waals surface area contributed by atoms with E-state index >= 15 is 0 Å². The third-order valence-corrected chi connectivity index (χ3v) is 11.7. The summed E-state index contributed by atoms with van der Waals surface area (Å²) in [6.07, 6.45) is 7.61. The maximum Gasteiger partial charge on any atom is 0.325 e. The molecule has 3 unspecified atom stereocenters. The van der Waals surface area contributed by atoms with Gasteiger partial charge in [-0.2, -0.15) is 0 Å². The first-order valence-electron chi connectivity index (χ1n) is 14.3. The van der Waals surface area contributed by atoms with Crippen molar-refractivity contribution in [2.75, 3.05) is 38.2 Å². The van der Waals surface area contributed by atoms with Crippen LogP contribution in [0.25, 0.3) is 0 Å². The van der Waals surface area contributed by atoms with Gasteiger partial charge in [0, 0.05) is 25.5 Å². The summed E-state index contributed by atoms with van der Waals surface area (Å²) in [5.74, 6) is 0.697. The number of pyridine rings is 1. The average molecular weight is 791 g/mol. The highest BCUT2D eigenvalue weighted by Gasteiger charge is 2.42. The van der Waals surface area contributed by atoms with Crippen LogP contribution in [0.5, 0.6) is 0 Å². The van der Waals surface area contributed by atoms with Crippen molar-refractivity contribution < 1.29 is 19.4 Å². The fraction of sp³-hybridized carbons (Fsp3) is 0.600. The topological polar surface area (TPSA) is 83.9 Å². The van der Waals surface area contributed by atoms with Crippen LogP contribution < -0.4 is 5.32 Å². The number of carboxylic acids is 1. The van der Waals surface area contributed by atoms with Crippen molar-refractivity contribution in [3.05, 3.63) is 56.3 Å². The highest BCUT2D eigenvalue weighted by molar-refractivity contribution is 14.1. The van der Waals surface area contributed by atoms with E-state index in [1.54, 1.807) is 0 Å². The summed E-state index contributed by atoms with van der Waals surface area (Å²) in [4.78, 5) is 19.7. The molecule has 2 saturated heterocycles. The summed E-state index contributed by atoms with van der Waals surface area (Å²) in [5, 5.41) is 13.8. The quantitative estimate of drug-likeness (QED) is 0.115. The zero-order chi connectivity index (χ0) is 28.3. The molecule has 1 aromatic heterocycles. The lowest BCUT2D eigenvalue weighted by Crippen LogP contribution is -2.49. The van der Waals surface area contributed by atoms with Crippen LogP contribution in [-0.4, -0.2) is 62.6 Å². The van der Waals surface area contributed by atoms with Gasteiger partial charge in [-0.25, -0.2) is 4.98 Å². The van der Waals surface area contributed by atoms with Crippen LogP contribution in [0.1, 0.15) is 67.5 Å². The first-order chi connectivity index (χ1) is 19.2. The number of aromatic nitrogens is 1. The van der Waals surface area contributed by atoms with Gasteiger partial charge in [0.1, 0.15) is 17.5 Å². The Kier molecular flexibility index (Phi) is 10.3. The Morgan fingerprint density at radius 2 is 2.17 bits per heavy atom. The number of carboxylic acid groups (broad SMARTS) is 1. The van der Waals surface area contributed by atoms with Crippen LogP contribution in [0.2, 0.25) is 0 Å². The number of benzene rings is 1. The first-order valence-corrected chi connectivity index (χ1v) is 17.0. The summed E-state index contributed by atoms with van der Waals surface area (Å²) >= 11 is 4.90. The summed E-state index contributed by atoms with van der Waals surface area (Å²) in [6, 6.07) is 9.71. The van der Waals surface area contributed by atoms with E-state index in [1.807, 2.05) is 25.1 Å². The Bertz CT molecular complexity index is 1210. The lowest BCUT2D eigenvalue weighted by atomic mass is 9.97. The minimum absolute atomic E-state index is 0.0380. The minimum atomic E-state index is -0.794. The van der Waals surface area contributed by atoms with Crippen molar-refractivity contribution in [1.82, 2.24) is 9.88 Å². The molecule has 0 radical (unpaired) electrons. The number of aryl methyl sites for hydroxylation is 2. The standard InChI is InChI=1S/C30H40I2N3O4P/c1-29(18-38-19-29)39-17-24-23(8-4-9-25(24)31)26(28(36)37)35-15-12-21(16-35)30(32,40)13-3-2-7-22-11-10-20-6-5-14-33-27(20)34-22/h4,8-11,21,26H,2-3,5-7,12-19,40H2,1H3,(H,33,34)(H,36,37)/t21-,26?,30?/m1/s1. The number of anilines is 1. The SMILES string of the molecule is CC1(OCc2c(I)cccc2C(C(=O)O)N2CC[C@@H](C(P)(I)CCCCc3ccc4c(n3)NCCC4)C2)COC1. The largest absolute Gasteiger partial charge is 0.480 e. The minimum Gasteiger partial charge on any atom is -0.480 e. The van der Waals surface area contributed by atoms with Crippen molar-refractivity contribution in [3.63, 3.8) is 0 Å². The number of alkyl halides is 1. The van der Waals surface area contributed by atoms with E-state index in [9.17, 15) is 9.90 Å². The second-order valence-corrected chi connectivity index (χ2v) is 17.1. The Balaban J connectivity index is 1.18. The van der Waals surface area contributed by atoms with E-state index in [1.165, 1.54) is 17.7 Å². The molecule has 7 nitrogen and oxygen atoms in total. The number of fused-ring (bicyclic) bond motifs is 1. The van der Waals surface area contributed by atoms with Gasteiger partial charge in [-0.05, 0) is 109 Å². The van der Waals surface area contributed by atoms with Gasteiger partial charge in [0.25, 0.3) is 0 Å². The number of aliphatic carboxylic acids is 1. The lowest BCUT2D eigenvalue weighted by Gasteiger charge is -2.38. The maximum atomic E-state index is 12.7. The number of unbranched alkanes of at least 4 members (excludes halogenated alkanes) is 1. The van der Waals surface area contributed by atoms with Gasteiger partial charge < -0.3 is 19.9 Å². The average Bonchev–Trinajstić information content (AvgIpc) is 3.40. The summed E-state index contributed by atoms with van der Waals surface area (Å²) < 4.78 is 12.6. The third-order valence-electron chi connectivity index (χ3n) is 8.52. The van der Waals surface area contributed by atoms with Crippen LogP contribution in [-0.2, 0) is 33.7 Å². The zero-order valence-corrected chi connectivity index (χ0v) is 28.6. The predicted molar refractivity (Wildman–Crippen MR) is 178 cm³/mol. The molecule has 40 heavy (non-hydrogen) atoms. The third kappa shape index (κ3) is 7.30. The van der Waals surface area contributed by atoms with Crippen molar-refractivity contribution >= 4 is 66.2 Å². The number of hydrogen-bond acceptors (Lipinski definition) is 6. The molecule has 0 saturated carbocycles. The molecule has 2 fully saturated rings. The second kappa shape index (κ2) is 13.4. The summed E-state index contributed by atoms with van der Waals surface area (Å²) in [7, 11) is 3.11. The molecular formula is C30H40I2N3O4P. The lowest BCUT2D eigenvalue weighted by molar-refractivity contribution is -0.204.